The first-order chi connectivity index (χ1) is 8.34. The zero-order valence-corrected chi connectivity index (χ0v) is 10.1. The van der Waals surface area contributed by atoms with E-state index in [1.165, 1.54) is 19.3 Å². The van der Waals surface area contributed by atoms with Crippen molar-refractivity contribution in [2.75, 3.05) is 0 Å². The molecule has 2 nitrogen and oxygen atoms in total. The molecule has 18 heavy (non-hydrogen) atoms. The van der Waals surface area contributed by atoms with Crippen molar-refractivity contribution < 1.29 is 4.79 Å². The third-order valence-electron chi connectivity index (χ3n) is 3.18. The fraction of sp³-hybridized carbons (Fsp3) is 0.438. The summed E-state index contributed by atoms with van der Waals surface area (Å²) in [7, 11) is 0. The minimum atomic E-state index is 0. The Labute approximate surface area is 110 Å². The van der Waals surface area contributed by atoms with Crippen LogP contribution in [0.2, 0.25) is 0 Å². The normalized spacial score (nSPS) is 16.2. The Balaban J connectivity index is 0.00000162. The van der Waals surface area contributed by atoms with Gasteiger partial charge >= 0.3 is 0 Å². The molecule has 1 aromatic rings. The fourth-order valence-corrected chi connectivity index (χ4v) is 2.23. The molecule has 0 aliphatic heterocycles. The molecular formula is C16H23NO. The van der Waals surface area contributed by atoms with Crippen LogP contribution >= 0.6 is 0 Å². The van der Waals surface area contributed by atoms with E-state index < -0.39 is 0 Å². The first-order valence-corrected chi connectivity index (χ1v) is 6.38. The molecule has 0 bridgehead atoms. The summed E-state index contributed by atoms with van der Waals surface area (Å²) in [5, 5.41) is 3.06. The Hall–Kier alpha value is -1.57. The molecule has 0 spiro atoms. The van der Waals surface area contributed by atoms with E-state index in [-0.39, 0.29) is 13.3 Å². The Morgan fingerprint density at radius 1 is 1.11 bits per heavy atom. The molecule has 1 N–H and O–H groups in total. The maximum absolute atomic E-state index is 11.7. The van der Waals surface area contributed by atoms with Crippen LogP contribution in [0.4, 0.5) is 0 Å². The lowest BCUT2D eigenvalue weighted by Crippen LogP contribution is -2.34. The van der Waals surface area contributed by atoms with Crippen molar-refractivity contribution in [3.05, 3.63) is 42.0 Å². The van der Waals surface area contributed by atoms with Gasteiger partial charge in [0.05, 0.1) is 0 Å². The second-order valence-electron chi connectivity index (χ2n) is 4.59. The highest BCUT2D eigenvalue weighted by Crippen LogP contribution is 2.17. The molecule has 1 saturated carbocycles. The van der Waals surface area contributed by atoms with Crippen LogP contribution in [-0.4, -0.2) is 11.9 Å². The van der Waals surface area contributed by atoms with Gasteiger partial charge in [0, 0.05) is 12.1 Å². The summed E-state index contributed by atoms with van der Waals surface area (Å²) in [6.45, 7) is 0. The van der Waals surface area contributed by atoms with Crippen LogP contribution in [0.1, 0.15) is 45.1 Å². The van der Waals surface area contributed by atoms with Gasteiger partial charge in [0.2, 0.25) is 5.91 Å². The van der Waals surface area contributed by atoms with Gasteiger partial charge in [-0.05, 0) is 24.5 Å². The van der Waals surface area contributed by atoms with Crippen molar-refractivity contribution >= 4 is 12.0 Å². The summed E-state index contributed by atoms with van der Waals surface area (Å²) >= 11 is 0. The third-order valence-corrected chi connectivity index (χ3v) is 3.18. The molecule has 98 valence electrons. The van der Waals surface area contributed by atoms with Crippen molar-refractivity contribution in [2.24, 2.45) is 0 Å². The molecule has 0 heterocycles. The van der Waals surface area contributed by atoms with E-state index in [2.05, 4.69) is 5.32 Å². The van der Waals surface area contributed by atoms with Gasteiger partial charge in [-0.3, -0.25) is 4.79 Å². The first kappa shape index (κ1) is 14.5. The number of benzene rings is 1. The maximum atomic E-state index is 11.7. The quantitative estimate of drug-likeness (QED) is 0.807. The fourth-order valence-electron chi connectivity index (χ4n) is 2.23. The van der Waals surface area contributed by atoms with Gasteiger partial charge in [0.1, 0.15) is 0 Å². The molecule has 2 heteroatoms. The van der Waals surface area contributed by atoms with E-state index in [0.29, 0.717) is 6.04 Å². The molecule has 0 saturated heterocycles. The summed E-state index contributed by atoms with van der Waals surface area (Å²) in [6.07, 6.45) is 9.55. The number of nitrogens with one attached hydrogen (secondary N) is 1. The lowest BCUT2D eigenvalue weighted by atomic mass is 9.95. The van der Waals surface area contributed by atoms with Crippen LogP contribution in [0.25, 0.3) is 6.08 Å². The van der Waals surface area contributed by atoms with Crippen molar-refractivity contribution in [3.63, 3.8) is 0 Å². The van der Waals surface area contributed by atoms with E-state index >= 15 is 0 Å². The van der Waals surface area contributed by atoms with Crippen molar-refractivity contribution in [1.29, 1.82) is 0 Å². The minimum absolute atomic E-state index is 0. The van der Waals surface area contributed by atoms with Gasteiger partial charge in [0.15, 0.2) is 0 Å². The summed E-state index contributed by atoms with van der Waals surface area (Å²) in [6, 6.07) is 10.3. The standard InChI is InChI=1S/C15H19NO.CH4/c17-15(16-14-9-5-2-6-10-14)12-11-13-7-3-1-4-8-13;/h1,3-4,7-8,11-12,14H,2,5-6,9-10H2,(H,16,17);1H4/b12-11+;. The number of carbonyl (C=O) groups is 1. The van der Waals surface area contributed by atoms with Crippen LogP contribution in [0.3, 0.4) is 0 Å². The highest BCUT2D eigenvalue weighted by atomic mass is 16.1. The molecule has 1 fully saturated rings. The Bertz CT molecular complexity index is 377. The topological polar surface area (TPSA) is 29.1 Å². The molecule has 2 rings (SSSR count). The summed E-state index contributed by atoms with van der Waals surface area (Å²) in [5.74, 6) is 0.0285. The molecule has 0 unspecified atom stereocenters. The smallest absolute Gasteiger partial charge is 0.244 e. The number of hydrogen-bond acceptors (Lipinski definition) is 1. The van der Waals surface area contributed by atoms with Crippen molar-refractivity contribution in [1.82, 2.24) is 5.32 Å². The van der Waals surface area contributed by atoms with Crippen molar-refractivity contribution in [3.8, 4) is 0 Å². The van der Waals surface area contributed by atoms with Gasteiger partial charge in [0.25, 0.3) is 0 Å². The van der Waals surface area contributed by atoms with Crippen molar-refractivity contribution in [2.45, 2.75) is 45.6 Å². The summed E-state index contributed by atoms with van der Waals surface area (Å²) < 4.78 is 0. The third kappa shape index (κ3) is 4.74. The van der Waals surface area contributed by atoms with Gasteiger partial charge in [-0.1, -0.05) is 57.0 Å². The number of hydrogen-bond donors (Lipinski definition) is 1. The van der Waals surface area contributed by atoms with E-state index in [4.69, 9.17) is 0 Å². The SMILES string of the molecule is C.O=C(/C=C/c1ccccc1)NC1CCCCC1. The summed E-state index contributed by atoms with van der Waals surface area (Å²) in [5.41, 5.74) is 1.06. The molecule has 0 aromatic heterocycles. The summed E-state index contributed by atoms with van der Waals surface area (Å²) in [4.78, 5) is 11.7. The molecule has 1 aliphatic carbocycles. The second-order valence-corrected chi connectivity index (χ2v) is 4.59. The van der Waals surface area contributed by atoms with E-state index in [1.807, 2.05) is 36.4 Å². The van der Waals surface area contributed by atoms with Crippen LogP contribution in [0.5, 0.6) is 0 Å². The van der Waals surface area contributed by atoms with Crippen LogP contribution in [0.15, 0.2) is 36.4 Å². The number of amides is 1. The van der Waals surface area contributed by atoms with E-state index in [9.17, 15) is 4.79 Å². The lowest BCUT2D eigenvalue weighted by molar-refractivity contribution is -0.117. The monoisotopic (exact) mass is 245 g/mol. The Kier molecular flexibility index (Phi) is 6.20. The molecule has 1 aromatic carbocycles. The molecule has 0 atom stereocenters. The van der Waals surface area contributed by atoms with Crippen LogP contribution in [-0.2, 0) is 4.79 Å². The lowest BCUT2D eigenvalue weighted by Gasteiger charge is -2.21. The largest absolute Gasteiger partial charge is 0.350 e. The van der Waals surface area contributed by atoms with E-state index in [1.54, 1.807) is 6.08 Å². The average molecular weight is 245 g/mol. The van der Waals surface area contributed by atoms with Gasteiger partial charge in [-0.2, -0.15) is 0 Å². The van der Waals surface area contributed by atoms with E-state index in [0.717, 1.165) is 18.4 Å². The molecule has 0 radical (unpaired) electrons. The average Bonchev–Trinajstić information content (AvgIpc) is 2.39. The van der Waals surface area contributed by atoms with Crippen LogP contribution < -0.4 is 5.32 Å². The Morgan fingerprint density at radius 3 is 2.44 bits per heavy atom. The van der Waals surface area contributed by atoms with Gasteiger partial charge < -0.3 is 5.32 Å². The molecular weight excluding hydrogens is 222 g/mol. The zero-order chi connectivity index (χ0) is 11.9. The second kappa shape index (κ2) is 7.70. The van der Waals surface area contributed by atoms with Crippen LogP contribution in [0, 0.1) is 0 Å². The maximum Gasteiger partial charge on any atom is 0.244 e. The zero-order valence-electron chi connectivity index (χ0n) is 10.1. The minimum Gasteiger partial charge on any atom is -0.350 e. The highest BCUT2D eigenvalue weighted by molar-refractivity contribution is 5.91. The predicted molar refractivity (Wildman–Crippen MR) is 77.2 cm³/mol. The number of carbonyl (C=O) groups excluding carboxylic acids is 1. The van der Waals surface area contributed by atoms with Gasteiger partial charge in [-0.25, -0.2) is 0 Å². The Morgan fingerprint density at radius 2 is 1.78 bits per heavy atom. The predicted octanol–water partition coefficient (Wildman–Crippen LogP) is 3.78. The molecule has 1 amide bonds. The van der Waals surface area contributed by atoms with Gasteiger partial charge in [-0.15, -0.1) is 0 Å². The first-order valence-electron chi connectivity index (χ1n) is 6.38. The highest BCUT2D eigenvalue weighted by Gasteiger charge is 2.13. The number of rotatable bonds is 3. The molecule has 1 aliphatic rings.